The number of carbonyl (C=O) groups is 1. The number of ether oxygens (including phenoxy) is 3. The Balaban J connectivity index is 1.70. The summed E-state index contributed by atoms with van der Waals surface area (Å²) in [5, 5.41) is 3.64. The highest BCUT2D eigenvalue weighted by atomic mass is 35.5. The Morgan fingerprint density at radius 3 is 2.44 bits per heavy atom. The molecule has 3 aromatic carbocycles. The summed E-state index contributed by atoms with van der Waals surface area (Å²) in [7, 11) is 3.02. The summed E-state index contributed by atoms with van der Waals surface area (Å²) in [6.45, 7) is 1.54. The van der Waals surface area contributed by atoms with Gasteiger partial charge in [-0.25, -0.2) is 0 Å². The van der Waals surface area contributed by atoms with Crippen molar-refractivity contribution >= 4 is 34.2 Å². The molecule has 0 saturated heterocycles. The molecule has 1 heterocycles. The van der Waals surface area contributed by atoms with Crippen molar-refractivity contribution in [2.75, 3.05) is 19.5 Å². The smallest absolute Gasteiger partial charge is 0.265 e. The number of nitrogens with one attached hydrogen (secondary N) is 1. The van der Waals surface area contributed by atoms with E-state index in [-0.39, 0.29) is 16.9 Å². The van der Waals surface area contributed by atoms with E-state index in [4.69, 9.17) is 30.2 Å². The molecular formula is C26H22ClNO6. The first-order valence-electron chi connectivity index (χ1n) is 10.4. The van der Waals surface area contributed by atoms with Gasteiger partial charge in [0.25, 0.3) is 5.91 Å². The summed E-state index contributed by atoms with van der Waals surface area (Å²) in [6.07, 6.45) is -1.04. The molecule has 4 rings (SSSR count). The van der Waals surface area contributed by atoms with Gasteiger partial charge in [-0.2, -0.15) is 0 Å². The van der Waals surface area contributed by atoms with E-state index in [1.54, 1.807) is 73.7 Å². The fourth-order valence-corrected chi connectivity index (χ4v) is 3.53. The van der Waals surface area contributed by atoms with Gasteiger partial charge in [-0.15, -0.1) is 0 Å². The number of hydrogen-bond acceptors (Lipinski definition) is 6. The Labute approximate surface area is 200 Å². The Kier molecular flexibility index (Phi) is 6.75. The van der Waals surface area contributed by atoms with Gasteiger partial charge < -0.3 is 23.9 Å². The third-order valence-electron chi connectivity index (χ3n) is 5.19. The average molecular weight is 480 g/mol. The third-order valence-corrected chi connectivity index (χ3v) is 5.44. The average Bonchev–Trinajstić information content (AvgIpc) is 2.86. The Morgan fingerprint density at radius 2 is 1.74 bits per heavy atom. The number of hydrogen-bond donors (Lipinski definition) is 1. The first kappa shape index (κ1) is 23.2. The van der Waals surface area contributed by atoms with E-state index in [2.05, 4.69) is 5.32 Å². The highest BCUT2D eigenvalue weighted by Crippen LogP contribution is 2.33. The number of carbonyl (C=O) groups excluding carboxylic acids is 1. The van der Waals surface area contributed by atoms with Gasteiger partial charge in [0.1, 0.15) is 17.1 Å². The van der Waals surface area contributed by atoms with Crippen molar-refractivity contribution in [2.45, 2.75) is 13.0 Å². The summed E-state index contributed by atoms with van der Waals surface area (Å²) in [5.41, 5.74) is 1.02. The molecule has 0 aliphatic heterocycles. The van der Waals surface area contributed by atoms with E-state index in [1.165, 1.54) is 14.2 Å². The van der Waals surface area contributed by atoms with Crippen molar-refractivity contribution < 1.29 is 23.4 Å². The third kappa shape index (κ3) is 4.70. The highest BCUT2D eigenvalue weighted by molar-refractivity contribution is 6.30. The second kappa shape index (κ2) is 9.89. The van der Waals surface area contributed by atoms with Gasteiger partial charge >= 0.3 is 0 Å². The predicted octanol–water partition coefficient (Wildman–Crippen LogP) is 5.54. The molecule has 8 heteroatoms. The summed E-state index contributed by atoms with van der Waals surface area (Å²) >= 11 is 6.02. The lowest BCUT2D eigenvalue weighted by Crippen LogP contribution is -2.32. The van der Waals surface area contributed by atoms with Gasteiger partial charge in [0.15, 0.2) is 11.9 Å². The van der Waals surface area contributed by atoms with Gasteiger partial charge in [-0.3, -0.25) is 9.59 Å². The Bertz CT molecular complexity index is 1400. The van der Waals surface area contributed by atoms with E-state index < -0.39 is 12.0 Å². The van der Waals surface area contributed by atoms with Crippen LogP contribution in [-0.2, 0) is 4.79 Å². The molecule has 0 saturated carbocycles. The molecule has 0 aliphatic rings. The summed E-state index contributed by atoms with van der Waals surface area (Å²) < 4.78 is 22.5. The fraction of sp³-hybridized carbons (Fsp3) is 0.154. The molecule has 0 spiro atoms. The summed E-state index contributed by atoms with van der Waals surface area (Å²) in [5.74, 6) is 0.653. The predicted molar refractivity (Wildman–Crippen MR) is 131 cm³/mol. The van der Waals surface area contributed by atoms with Crippen LogP contribution in [0.25, 0.3) is 22.3 Å². The van der Waals surface area contributed by atoms with Crippen molar-refractivity contribution in [3.63, 3.8) is 0 Å². The zero-order valence-electron chi connectivity index (χ0n) is 18.8. The first-order chi connectivity index (χ1) is 16.4. The monoisotopic (exact) mass is 479 g/mol. The first-order valence-corrected chi connectivity index (χ1v) is 10.8. The molecule has 1 amide bonds. The quantitative estimate of drug-likeness (QED) is 0.374. The molecule has 7 nitrogen and oxygen atoms in total. The molecule has 4 aromatic rings. The van der Waals surface area contributed by atoms with E-state index in [1.807, 2.05) is 0 Å². The zero-order chi connectivity index (χ0) is 24.2. The van der Waals surface area contributed by atoms with Crippen molar-refractivity contribution in [3.05, 3.63) is 82.0 Å². The summed E-state index contributed by atoms with van der Waals surface area (Å²) in [6, 6.07) is 18.7. The van der Waals surface area contributed by atoms with Crippen LogP contribution in [0.3, 0.4) is 0 Å². The molecule has 1 aromatic heterocycles. The molecule has 0 bridgehead atoms. The maximum absolute atomic E-state index is 13.3. The van der Waals surface area contributed by atoms with Gasteiger partial charge in [0, 0.05) is 16.7 Å². The molecule has 174 valence electrons. The molecule has 1 N–H and O–H groups in total. The van der Waals surface area contributed by atoms with Crippen LogP contribution in [0.15, 0.2) is 75.9 Å². The van der Waals surface area contributed by atoms with Crippen LogP contribution in [0.5, 0.6) is 17.2 Å². The minimum atomic E-state index is -1.04. The molecule has 0 radical (unpaired) electrons. The highest BCUT2D eigenvalue weighted by Gasteiger charge is 2.24. The van der Waals surface area contributed by atoms with Crippen molar-refractivity contribution in [2.24, 2.45) is 0 Å². The number of methoxy groups -OCH3 is 2. The zero-order valence-corrected chi connectivity index (χ0v) is 19.5. The molecule has 34 heavy (non-hydrogen) atoms. The number of fused-ring (bicyclic) bond motifs is 1. The van der Waals surface area contributed by atoms with Crippen molar-refractivity contribution in [1.82, 2.24) is 0 Å². The lowest BCUT2D eigenvalue weighted by Gasteiger charge is -2.18. The van der Waals surface area contributed by atoms with Crippen LogP contribution in [0.4, 0.5) is 5.69 Å². The van der Waals surface area contributed by atoms with Crippen LogP contribution in [0.1, 0.15) is 6.92 Å². The second-order valence-corrected chi connectivity index (χ2v) is 7.84. The normalized spacial score (nSPS) is 11.6. The number of benzene rings is 3. The van der Waals surface area contributed by atoms with Gasteiger partial charge in [0.2, 0.25) is 11.2 Å². The number of anilines is 1. The van der Waals surface area contributed by atoms with E-state index in [9.17, 15) is 9.59 Å². The maximum Gasteiger partial charge on any atom is 0.265 e. The van der Waals surface area contributed by atoms with E-state index in [0.717, 1.165) is 0 Å². The van der Waals surface area contributed by atoms with Crippen LogP contribution in [-0.4, -0.2) is 26.2 Å². The van der Waals surface area contributed by atoms with Gasteiger partial charge in [0.05, 0.1) is 25.3 Å². The Hall–Kier alpha value is -3.97. The van der Waals surface area contributed by atoms with E-state index in [0.29, 0.717) is 38.7 Å². The van der Waals surface area contributed by atoms with Crippen molar-refractivity contribution in [3.8, 4) is 28.6 Å². The molecule has 0 fully saturated rings. The SMILES string of the molecule is COc1ccc(OC)c(NC(=O)C(C)Oc2c(-c3ccc(Cl)cc3)oc3ccccc3c2=O)c1. The number of para-hydroxylation sites is 1. The second-order valence-electron chi connectivity index (χ2n) is 7.41. The van der Waals surface area contributed by atoms with Crippen LogP contribution < -0.4 is 25.0 Å². The minimum Gasteiger partial charge on any atom is -0.497 e. The molecule has 1 unspecified atom stereocenters. The Morgan fingerprint density at radius 1 is 1.00 bits per heavy atom. The maximum atomic E-state index is 13.3. The van der Waals surface area contributed by atoms with Crippen LogP contribution >= 0.6 is 11.6 Å². The topological polar surface area (TPSA) is 87.0 Å². The standard InChI is InChI=1S/C26H22ClNO6/c1-15(26(30)28-20-14-18(31-2)12-13-22(20)32-3)33-25-23(29)19-6-4-5-7-21(19)34-24(25)16-8-10-17(27)11-9-16/h4-15H,1-3H3,(H,28,30). The van der Waals surface area contributed by atoms with Gasteiger partial charge in [-0.1, -0.05) is 23.7 Å². The van der Waals surface area contributed by atoms with Crippen molar-refractivity contribution in [1.29, 1.82) is 0 Å². The molecule has 0 aliphatic carbocycles. The lowest BCUT2D eigenvalue weighted by atomic mass is 10.1. The molecular weight excluding hydrogens is 458 g/mol. The largest absolute Gasteiger partial charge is 0.497 e. The fourth-order valence-electron chi connectivity index (χ4n) is 3.40. The molecule has 1 atom stereocenters. The minimum absolute atomic E-state index is 0.0683. The lowest BCUT2D eigenvalue weighted by molar-refractivity contribution is -0.122. The number of amides is 1. The van der Waals surface area contributed by atoms with Crippen LogP contribution in [0.2, 0.25) is 5.02 Å². The van der Waals surface area contributed by atoms with Crippen LogP contribution in [0, 0.1) is 0 Å². The number of rotatable bonds is 7. The summed E-state index contributed by atoms with van der Waals surface area (Å²) in [4.78, 5) is 26.3. The number of halogens is 1. The van der Waals surface area contributed by atoms with E-state index >= 15 is 0 Å². The van der Waals surface area contributed by atoms with Gasteiger partial charge in [-0.05, 0) is 55.5 Å².